The van der Waals surface area contributed by atoms with Crippen LogP contribution in [0.5, 0.6) is 0 Å². The van der Waals surface area contributed by atoms with E-state index in [2.05, 4.69) is 19.6 Å². The summed E-state index contributed by atoms with van der Waals surface area (Å²) in [5.41, 5.74) is 0. The zero-order valence-electron chi connectivity index (χ0n) is 12.5. The zero-order valence-corrected chi connectivity index (χ0v) is 13.5. The van der Waals surface area contributed by atoms with E-state index < -0.39 is 26.6 Å². The van der Waals surface area contributed by atoms with Gasteiger partial charge in [0, 0.05) is 0 Å². The fraction of sp³-hybridized carbons (Fsp3) is 0.846. The van der Waals surface area contributed by atoms with Crippen LogP contribution in [0.25, 0.3) is 0 Å². The Labute approximate surface area is 111 Å². The van der Waals surface area contributed by atoms with Crippen molar-refractivity contribution in [2.45, 2.75) is 65.1 Å². The summed E-state index contributed by atoms with van der Waals surface area (Å²) in [6.45, 7) is 14.3. The Morgan fingerprint density at radius 1 is 1.22 bits per heavy atom. The molecule has 0 saturated heterocycles. The van der Waals surface area contributed by atoms with E-state index >= 15 is 0 Å². The number of ketones is 1. The molecule has 0 aliphatic rings. The van der Waals surface area contributed by atoms with E-state index in [0.29, 0.717) is 0 Å². The number of ether oxygens (including phenoxy) is 1. The van der Waals surface area contributed by atoms with Gasteiger partial charge in [0.05, 0.1) is 13.3 Å². The lowest BCUT2D eigenvalue weighted by molar-refractivity contribution is -0.148. The number of carbonyl (C=O) groups excluding carboxylic acids is 1. The van der Waals surface area contributed by atoms with Crippen LogP contribution in [0, 0.1) is 5.92 Å². The minimum atomic E-state index is -1.60. The molecule has 5 heteroatoms. The lowest BCUT2D eigenvalue weighted by Gasteiger charge is -2.40. The van der Waals surface area contributed by atoms with Gasteiger partial charge in [-0.15, -0.1) is 0 Å². The molecule has 0 heterocycles. The number of carbonyl (C=O) groups is 2. The highest BCUT2D eigenvalue weighted by Gasteiger charge is 2.40. The quantitative estimate of drug-likeness (QED) is 0.572. The topological polar surface area (TPSA) is 63.6 Å². The molecule has 0 aromatic carbocycles. The van der Waals surface area contributed by atoms with Crippen molar-refractivity contribution in [1.82, 2.24) is 0 Å². The van der Waals surface area contributed by atoms with Crippen molar-refractivity contribution in [2.24, 2.45) is 5.92 Å². The maximum Gasteiger partial charge on any atom is 0.310 e. The zero-order chi connectivity index (χ0) is 14.7. The van der Waals surface area contributed by atoms with Gasteiger partial charge in [-0.2, -0.15) is 0 Å². The van der Waals surface area contributed by atoms with E-state index in [-0.39, 0.29) is 16.9 Å². The van der Waals surface area contributed by atoms with Gasteiger partial charge < -0.3 is 9.84 Å². The molecule has 0 rings (SSSR count). The number of aliphatic carboxylic acids is 1. The Kier molecular flexibility index (Phi) is 5.75. The number of hydrogen-bond acceptors (Lipinski definition) is 3. The Morgan fingerprint density at radius 2 is 1.67 bits per heavy atom. The van der Waals surface area contributed by atoms with E-state index in [1.807, 2.05) is 27.7 Å². The van der Waals surface area contributed by atoms with Crippen LogP contribution in [0.1, 0.15) is 34.1 Å². The summed E-state index contributed by atoms with van der Waals surface area (Å²) in [6.07, 6.45) is -1.10. The van der Waals surface area contributed by atoms with Gasteiger partial charge in [-0.1, -0.05) is 33.5 Å². The third-order valence-electron chi connectivity index (χ3n) is 3.48. The molecule has 0 amide bonds. The molecular weight excluding hydrogens is 248 g/mol. The molecule has 1 N–H and O–H groups in total. The maximum absolute atomic E-state index is 11.9. The summed E-state index contributed by atoms with van der Waals surface area (Å²) in [4.78, 5) is 22.5. The van der Waals surface area contributed by atoms with Crippen LogP contribution in [0.2, 0.25) is 19.6 Å². The highest BCUT2D eigenvalue weighted by molar-refractivity contribution is 6.78. The van der Waals surface area contributed by atoms with Crippen LogP contribution < -0.4 is 0 Å². The molecule has 0 aliphatic heterocycles. The molecule has 0 aliphatic carbocycles. The van der Waals surface area contributed by atoms with E-state index in [4.69, 9.17) is 9.84 Å². The average Bonchev–Trinajstić information content (AvgIpc) is 2.10. The van der Waals surface area contributed by atoms with Gasteiger partial charge in [-0.05, 0) is 19.8 Å². The monoisotopic (exact) mass is 274 g/mol. The second-order valence-electron chi connectivity index (χ2n) is 6.58. The minimum absolute atomic E-state index is 0.0209. The lowest BCUT2D eigenvalue weighted by Crippen LogP contribution is -2.53. The van der Waals surface area contributed by atoms with Crippen LogP contribution in [-0.4, -0.2) is 36.3 Å². The van der Waals surface area contributed by atoms with Crippen molar-refractivity contribution in [1.29, 1.82) is 0 Å². The van der Waals surface area contributed by atoms with E-state index in [9.17, 15) is 9.59 Å². The van der Waals surface area contributed by atoms with Crippen LogP contribution in [0.4, 0.5) is 0 Å². The first-order valence-corrected chi connectivity index (χ1v) is 9.81. The SMILES string of the molecule is CC(C)[C@H](OC(C)(C)[Si](C)(C)C)C(=O)CC(=O)O. The van der Waals surface area contributed by atoms with Gasteiger partial charge in [0.25, 0.3) is 0 Å². The van der Waals surface area contributed by atoms with Gasteiger partial charge >= 0.3 is 5.97 Å². The third-order valence-corrected chi connectivity index (χ3v) is 7.21. The summed E-state index contributed by atoms with van der Waals surface area (Å²) in [6, 6.07) is 0. The third kappa shape index (κ3) is 4.90. The van der Waals surface area contributed by atoms with Gasteiger partial charge in [0.15, 0.2) is 5.78 Å². The van der Waals surface area contributed by atoms with Crippen LogP contribution >= 0.6 is 0 Å². The van der Waals surface area contributed by atoms with Crippen molar-refractivity contribution >= 4 is 19.8 Å². The predicted octanol–water partition coefficient (Wildman–Crippen LogP) is 2.73. The molecule has 18 heavy (non-hydrogen) atoms. The summed E-state index contributed by atoms with van der Waals surface area (Å²) in [5, 5.41) is 8.34. The van der Waals surface area contributed by atoms with Crippen LogP contribution in [0.15, 0.2) is 0 Å². The normalized spacial score (nSPS) is 14.7. The van der Waals surface area contributed by atoms with Crippen LogP contribution in [0.3, 0.4) is 0 Å². The second kappa shape index (κ2) is 5.97. The number of hydrogen-bond donors (Lipinski definition) is 1. The van der Waals surface area contributed by atoms with E-state index in [1.54, 1.807) is 0 Å². The molecule has 0 spiro atoms. The molecule has 1 atom stereocenters. The fourth-order valence-corrected chi connectivity index (χ4v) is 1.80. The molecule has 0 radical (unpaired) electrons. The smallest absolute Gasteiger partial charge is 0.310 e. The standard InChI is InChI=1S/C13H26O4Si/c1-9(2)12(10(14)8-11(15)16)17-13(3,4)18(5,6)7/h9,12H,8H2,1-7H3,(H,15,16)/t12-/m0/s1. The van der Waals surface area contributed by atoms with Crippen molar-refractivity contribution in [3.8, 4) is 0 Å². The molecule has 106 valence electrons. The van der Waals surface area contributed by atoms with Crippen molar-refractivity contribution in [2.75, 3.05) is 0 Å². The summed E-state index contributed by atoms with van der Waals surface area (Å²) < 4.78 is 5.98. The largest absolute Gasteiger partial charge is 0.481 e. The van der Waals surface area contributed by atoms with Crippen LogP contribution in [-0.2, 0) is 14.3 Å². The number of carboxylic acid groups (broad SMARTS) is 1. The molecule has 4 nitrogen and oxygen atoms in total. The number of Topliss-reactive ketones (excluding diaryl/α,β-unsaturated/α-hetero) is 1. The second-order valence-corrected chi connectivity index (χ2v) is 12.3. The number of carboxylic acids is 1. The van der Waals surface area contributed by atoms with Gasteiger partial charge in [-0.25, -0.2) is 0 Å². The molecule has 0 aromatic rings. The molecule has 0 aromatic heterocycles. The highest BCUT2D eigenvalue weighted by atomic mass is 28.3. The van der Waals surface area contributed by atoms with Gasteiger partial charge in [0.2, 0.25) is 0 Å². The van der Waals surface area contributed by atoms with Gasteiger partial charge in [-0.3, -0.25) is 9.59 Å². The predicted molar refractivity (Wildman–Crippen MR) is 74.4 cm³/mol. The Balaban J connectivity index is 4.95. The Hall–Kier alpha value is -0.683. The van der Waals surface area contributed by atoms with Crippen molar-refractivity contribution in [3.63, 3.8) is 0 Å². The minimum Gasteiger partial charge on any atom is -0.481 e. The van der Waals surface area contributed by atoms with Crippen molar-refractivity contribution < 1.29 is 19.4 Å². The highest BCUT2D eigenvalue weighted by Crippen LogP contribution is 2.28. The fourth-order valence-electron chi connectivity index (χ4n) is 1.32. The first-order valence-electron chi connectivity index (χ1n) is 6.31. The first kappa shape index (κ1) is 17.3. The Morgan fingerprint density at radius 3 is 1.94 bits per heavy atom. The van der Waals surface area contributed by atoms with E-state index in [1.165, 1.54) is 0 Å². The molecule has 0 bridgehead atoms. The lowest BCUT2D eigenvalue weighted by atomic mass is 10.0. The van der Waals surface area contributed by atoms with E-state index in [0.717, 1.165) is 0 Å². The Bertz CT molecular complexity index is 315. The molecular formula is C13H26O4Si. The molecule has 0 saturated carbocycles. The summed E-state index contributed by atoms with van der Waals surface area (Å²) >= 11 is 0. The number of rotatable bonds is 7. The summed E-state index contributed by atoms with van der Waals surface area (Å²) in [7, 11) is -1.60. The molecule has 0 unspecified atom stereocenters. The van der Waals surface area contributed by atoms with Gasteiger partial charge in [0.1, 0.15) is 12.5 Å². The van der Waals surface area contributed by atoms with Crippen molar-refractivity contribution in [3.05, 3.63) is 0 Å². The first-order chi connectivity index (χ1) is 7.88. The molecule has 0 fully saturated rings. The average molecular weight is 274 g/mol. The maximum atomic E-state index is 11.9. The summed E-state index contributed by atoms with van der Waals surface area (Å²) in [5.74, 6) is -1.46.